The van der Waals surface area contributed by atoms with Gasteiger partial charge in [-0.05, 0) is 48.2 Å². The number of benzene rings is 2. The van der Waals surface area contributed by atoms with Crippen molar-refractivity contribution in [2.75, 3.05) is 23.4 Å². The molecule has 0 aliphatic rings. The van der Waals surface area contributed by atoms with Gasteiger partial charge in [-0.2, -0.15) is 0 Å². The molecule has 0 unspecified atom stereocenters. The molecule has 162 valence electrons. The number of anilines is 3. The van der Waals surface area contributed by atoms with Crippen LogP contribution < -0.4 is 16.0 Å². The molecule has 1 heterocycles. The van der Waals surface area contributed by atoms with Crippen LogP contribution in [0.25, 0.3) is 0 Å². The third kappa shape index (κ3) is 6.05. The monoisotopic (exact) mass is 455 g/mol. The number of rotatable bonds is 9. The summed E-state index contributed by atoms with van der Waals surface area (Å²) >= 11 is 2.77. The Labute approximate surface area is 190 Å². The number of hydrogen-bond acceptors (Lipinski definition) is 7. The van der Waals surface area contributed by atoms with Gasteiger partial charge in [0.1, 0.15) is 0 Å². The zero-order chi connectivity index (χ0) is 22.2. The summed E-state index contributed by atoms with van der Waals surface area (Å²) in [7, 11) is 1.58. The first kappa shape index (κ1) is 22.8. The maximum absolute atomic E-state index is 12.3. The minimum atomic E-state index is -0.165. The van der Waals surface area contributed by atoms with Crippen molar-refractivity contribution in [2.45, 2.75) is 31.0 Å². The molecule has 0 saturated heterocycles. The maximum atomic E-state index is 12.3. The Morgan fingerprint density at radius 3 is 2.29 bits per heavy atom. The second-order valence-electron chi connectivity index (χ2n) is 6.65. The molecule has 0 aliphatic heterocycles. The normalized spacial score (nSPS) is 10.5. The van der Waals surface area contributed by atoms with Crippen LogP contribution in [0.5, 0.6) is 0 Å². The number of amides is 2. The summed E-state index contributed by atoms with van der Waals surface area (Å²) in [5, 5.41) is 17.9. The predicted octanol–water partition coefficient (Wildman–Crippen LogP) is 4.50. The standard InChI is InChI=1S/C22H25N5O2S2/c1-4-14-7-6-8-15(5-2)19(14)25-21-26-27-22(31-21)30-13-18(28)24-17-11-9-16(10-12-17)20(29)23-3/h6-12H,4-5,13H2,1-3H3,(H,23,29)(H,24,28)(H,25,26). The number of hydrogen-bond donors (Lipinski definition) is 3. The molecule has 0 bridgehead atoms. The zero-order valence-electron chi connectivity index (χ0n) is 17.7. The first-order chi connectivity index (χ1) is 15.0. The Bertz CT molecular complexity index is 1030. The van der Waals surface area contributed by atoms with Gasteiger partial charge in [-0.15, -0.1) is 10.2 Å². The smallest absolute Gasteiger partial charge is 0.251 e. The van der Waals surface area contributed by atoms with Crippen molar-refractivity contribution in [3.8, 4) is 0 Å². The van der Waals surface area contributed by atoms with Gasteiger partial charge in [0.15, 0.2) is 4.34 Å². The zero-order valence-corrected chi connectivity index (χ0v) is 19.3. The fraction of sp³-hybridized carbons (Fsp3) is 0.273. The topological polar surface area (TPSA) is 96.0 Å². The summed E-state index contributed by atoms with van der Waals surface area (Å²) in [6.45, 7) is 4.26. The summed E-state index contributed by atoms with van der Waals surface area (Å²) in [6, 6.07) is 13.1. The lowest BCUT2D eigenvalue weighted by Crippen LogP contribution is -2.18. The number of carbonyl (C=O) groups excluding carboxylic acids is 2. The highest BCUT2D eigenvalue weighted by atomic mass is 32.2. The second kappa shape index (κ2) is 10.9. The van der Waals surface area contributed by atoms with E-state index in [1.54, 1.807) is 31.3 Å². The lowest BCUT2D eigenvalue weighted by Gasteiger charge is -2.13. The first-order valence-electron chi connectivity index (χ1n) is 10.00. The molecular weight excluding hydrogens is 430 g/mol. The van der Waals surface area contributed by atoms with Crippen molar-refractivity contribution < 1.29 is 9.59 Å². The van der Waals surface area contributed by atoms with Crippen LogP contribution in [0.15, 0.2) is 46.8 Å². The van der Waals surface area contributed by atoms with Gasteiger partial charge in [-0.1, -0.05) is 55.1 Å². The third-order valence-corrected chi connectivity index (χ3v) is 6.59. The van der Waals surface area contributed by atoms with E-state index in [9.17, 15) is 9.59 Å². The van der Waals surface area contributed by atoms with E-state index in [0.717, 1.165) is 22.9 Å². The molecule has 0 atom stereocenters. The largest absolute Gasteiger partial charge is 0.355 e. The Morgan fingerprint density at radius 1 is 1.00 bits per heavy atom. The predicted molar refractivity (Wildman–Crippen MR) is 128 cm³/mol. The summed E-state index contributed by atoms with van der Waals surface area (Å²) < 4.78 is 0.722. The molecule has 9 heteroatoms. The van der Waals surface area contributed by atoms with E-state index in [0.29, 0.717) is 16.4 Å². The van der Waals surface area contributed by atoms with E-state index < -0.39 is 0 Å². The lowest BCUT2D eigenvalue weighted by atomic mass is 10.0. The number of para-hydroxylation sites is 1. The molecule has 0 saturated carbocycles. The molecule has 0 radical (unpaired) electrons. The summed E-state index contributed by atoms with van der Waals surface area (Å²) in [4.78, 5) is 23.8. The molecule has 31 heavy (non-hydrogen) atoms. The molecule has 3 rings (SSSR count). The van der Waals surface area contributed by atoms with E-state index >= 15 is 0 Å². The van der Waals surface area contributed by atoms with Crippen molar-refractivity contribution in [2.24, 2.45) is 0 Å². The summed E-state index contributed by atoms with van der Waals surface area (Å²) in [5.74, 6) is -0.0915. The van der Waals surface area contributed by atoms with Gasteiger partial charge in [0.25, 0.3) is 5.91 Å². The van der Waals surface area contributed by atoms with Crippen LogP contribution in [-0.2, 0) is 17.6 Å². The van der Waals surface area contributed by atoms with Gasteiger partial charge >= 0.3 is 0 Å². The summed E-state index contributed by atoms with van der Waals surface area (Å²) in [6.07, 6.45) is 1.86. The number of carbonyl (C=O) groups is 2. The van der Waals surface area contributed by atoms with E-state index in [2.05, 4.69) is 58.2 Å². The number of thioether (sulfide) groups is 1. The van der Waals surface area contributed by atoms with Crippen LogP contribution in [0.4, 0.5) is 16.5 Å². The van der Waals surface area contributed by atoms with Crippen LogP contribution in [-0.4, -0.2) is 34.8 Å². The van der Waals surface area contributed by atoms with Crippen molar-refractivity contribution in [1.29, 1.82) is 0 Å². The van der Waals surface area contributed by atoms with Crippen LogP contribution in [0, 0.1) is 0 Å². The van der Waals surface area contributed by atoms with E-state index in [4.69, 9.17) is 0 Å². The van der Waals surface area contributed by atoms with Crippen molar-refractivity contribution in [3.63, 3.8) is 0 Å². The van der Waals surface area contributed by atoms with Crippen molar-refractivity contribution >= 4 is 51.4 Å². The summed E-state index contributed by atoms with van der Waals surface area (Å²) in [5.41, 5.74) is 4.76. The molecule has 0 spiro atoms. The molecule has 0 fully saturated rings. The Balaban J connectivity index is 1.56. The minimum absolute atomic E-state index is 0.146. The van der Waals surface area contributed by atoms with Gasteiger partial charge in [-0.25, -0.2) is 0 Å². The Kier molecular flexibility index (Phi) is 8.02. The lowest BCUT2D eigenvalue weighted by molar-refractivity contribution is -0.113. The van der Waals surface area contributed by atoms with E-state index in [1.807, 2.05) is 0 Å². The Hall–Kier alpha value is -2.91. The van der Waals surface area contributed by atoms with Crippen LogP contribution >= 0.6 is 23.1 Å². The highest BCUT2D eigenvalue weighted by Crippen LogP contribution is 2.31. The third-order valence-electron chi connectivity index (χ3n) is 4.62. The molecule has 3 aromatic rings. The molecule has 1 aromatic heterocycles. The molecule has 7 nitrogen and oxygen atoms in total. The van der Waals surface area contributed by atoms with Crippen LogP contribution in [0.3, 0.4) is 0 Å². The molecule has 2 aromatic carbocycles. The number of nitrogens with one attached hydrogen (secondary N) is 3. The molecular formula is C22H25N5O2S2. The van der Waals surface area contributed by atoms with Crippen molar-refractivity contribution in [3.05, 3.63) is 59.2 Å². The van der Waals surface area contributed by atoms with Gasteiger partial charge in [0.2, 0.25) is 11.0 Å². The highest BCUT2D eigenvalue weighted by Gasteiger charge is 2.12. The SMILES string of the molecule is CCc1cccc(CC)c1Nc1nnc(SCC(=O)Nc2ccc(C(=O)NC)cc2)s1. The van der Waals surface area contributed by atoms with E-state index in [-0.39, 0.29) is 17.6 Å². The number of aromatic nitrogens is 2. The fourth-order valence-corrected chi connectivity index (χ4v) is 4.56. The van der Waals surface area contributed by atoms with Gasteiger partial charge in [0, 0.05) is 24.0 Å². The first-order valence-corrected chi connectivity index (χ1v) is 11.8. The van der Waals surface area contributed by atoms with Gasteiger partial charge < -0.3 is 16.0 Å². The second-order valence-corrected chi connectivity index (χ2v) is 8.85. The van der Waals surface area contributed by atoms with Crippen LogP contribution in [0.2, 0.25) is 0 Å². The molecule has 2 amide bonds. The number of nitrogens with zero attached hydrogens (tertiary/aromatic N) is 2. The number of aryl methyl sites for hydroxylation is 2. The van der Waals surface area contributed by atoms with Gasteiger partial charge in [-0.3, -0.25) is 9.59 Å². The highest BCUT2D eigenvalue weighted by molar-refractivity contribution is 8.01. The Morgan fingerprint density at radius 2 is 1.68 bits per heavy atom. The maximum Gasteiger partial charge on any atom is 0.251 e. The van der Waals surface area contributed by atoms with Gasteiger partial charge in [0.05, 0.1) is 5.75 Å². The average Bonchev–Trinajstić information content (AvgIpc) is 3.25. The fourth-order valence-electron chi connectivity index (χ4n) is 3.00. The minimum Gasteiger partial charge on any atom is -0.355 e. The van der Waals surface area contributed by atoms with E-state index in [1.165, 1.54) is 34.2 Å². The van der Waals surface area contributed by atoms with Crippen molar-refractivity contribution in [1.82, 2.24) is 15.5 Å². The quantitative estimate of drug-likeness (QED) is 0.411. The molecule has 0 aliphatic carbocycles. The van der Waals surface area contributed by atoms with Crippen LogP contribution in [0.1, 0.15) is 35.3 Å². The molecule has 3 N–H and O–H groups in total. The average molecular weight is 456 g/mol.